The Balaban J connectivity index is 1.79. The number of ether oxygens (including phenoxy) is 1. The molecule has 3 aromatic heterocycles. The second-order valence-electron chi connectivity index (χ2n) is 7.17. The Morgan fingerprint density at radius 3 is 2.90 bits per heavy atom. The van der Waals surface area contributed by atoms with Crippen molar-refractivity contribution in [2.45, 2.75) is 33.0 Å². The minimum atomic E-state index is -0.491. The fraction of sp³-hybridized carbons (Fsp3) is 0.238. The fourth-order valence-electron chi connectivity index (χ4n) is 3.87. The lowest BCUT2D eigenvalue weighted by Gasteiger charge is -2.21. The van der Waals surface area contributed by atoms with Gasteiger partial charge in [0, 0.05) is 35.0 Å². The van der Waals surface area contributed by atoms with E-state index >= 15 is 0 Å². The maximum atomic E-state index is 14.1. The van der Waals surface area contributed by atoms with Crippen molar-refractivity contribution in [2.24, 2.45) is 0 Å². The maximum absolute atomic E-state index is 14.1. The van der Waals surface area contributed by atoms with E-state index in [-0.39, 0.29) is 11.6 Å². The lowest BCUT2D eigenvalue weighted by atomic mass is 10.0. The number of nitrogens with zero attached hydrogens (tertiary/aromatic N) is 6. The first-order valence-corrected chi connectivity index (χ1v) is 9.70. The third-order valence-electron chi connectivity index (χ3n) is 5.30. The molecule has 0 saturated heterocycles. The molecule has 152 valence electrons. The van der Waals surface area contributed by atoms with Crippen molar-refractivity contribution in [2.75, 3.05) is 5.73 Å². The number of benzene rings is 1. The zero-order valence-corrected chi connectivity index (χ0v) is 16.6. The van der Waals surface area contributed by atoms with E-state index in [0.29, 0.717) is 30.2 Å². The third kappa shape index (κ3) is 2.90. The second-order valence-corrected chi connectivity index (χ2v) is 7.17. The summed E-state index contributed by atoms with van der Waals surface area (Å²) >= 11 is 0. The lowest BCUT2D eigenvalue weighted by Crippen LogP contribution is -2.12. The van der Waals surface area contributed by atoms with Crippen LogP contribution in [0, 0.1) is 5.82 Å². The van der Waals surface area contributed by atoms with Gasteiger partial charge >= 0.3 is 0 Å². The fourth-order valence-corrected chi connectivity index (χ4v) is 3.87. The van der Waals surface area contributed by atoms with E-state index in [9.17, 15) is 4.39 Å². The Morgan fingerprint density at radius 1 is 1.20 bits per heavy atom. The standard InChI is InChI=1S/C21H20FN7O/c1-3-28-19-13-6-18(20(23)24-8-13)30-12(2)17-7-15(22)4-5-16(17)21-25-11-27-29(21)10-14(19)9-26-28/h4-9,11-12H,3,10H2,1-2H3,(H2,23,24)/t12-/m0/s1. The Bertz CT molecular complexity index is 1250. The highest BCUT2D eigenvalue weighted by atomic mass is 19.1. The van der Waals surface area contributed by atoms with Crippen molar-refractivity contribution in [3.8, 4) is 28.4 Å². The molecule has 5 rings (SSSR count). The Hall–Kier alpha value is -3.75. The summed E-state index contributed by atoms with van der Waals surface area (Å²) in [7, 11) is 0. The highest BCUT2D eigenvalue weighted by Gasteiger charge is 2.23. The molecule has 1 aliphatic heterocycles. The van der Waals surface area contributed by atoms with Gasteiger partial charge in [0.05, 0.1) is 18.4 Å². The summed E-state index contributed by atoms with van der Waals surface area (Å²) in [6.07, 6.45) is 4.54. The lowest BCUT2D eigenvalue weighted by molar-refractivity contribution is 0.227. The van der Waals surface area contributed by atoms with Crippen LogP contribution in [0.15, 0.2) is 43.0 Å². The first-order valence-electron chi connectivity index (χ1n) is 9.70. The van der Waals surface area contributed by atoms with Crippen molar-refractivity contribution >= 4 is 5.82 Å². The smallest absolute Gasteiger partial charge is 0.166 e. The number of anilines is 1. The minimum Gasteiger partial charge on any atom is -0.482 e. The number of hydrogen-bond acceptors (Lipinski definition) is 6. The summed E-state index contributed by atoms with van der Waals surface area (Å²) in [6, 6.07) is 6.42. The van der Waals surface area contributed by atoms with Crippen molar-refractivity contribution in [3.05, 3.63) is 59.9 Å². The summed E-state index contributed by atoms with van der Waals surface area (Å²) in [5, 5.41) is 8.93. The Labute approximate surface area is 172 Å². The van der Waals surface area contributed by atoms with Gasteiger partial charge < -0.3 is 10.5 Å². The molecule has 8 nitrogen and oxygen atoms in total. The quantitative estimate of drug-likeness (QED) is 0.521. The second kappa shape index (κ2) is 6.94. The van der Waals surface area contributed by atoms with Gasteiger partial charge in [0.25, 0.3) is 0 Å². The van der Waals surface area contributed by atoms with Gasteiger partial charge in [-0.15, -0.1) is 0 Å². The van der Waals surface area contributed by atoms with Crippen LogP contribution in [-0.4, -0.2) is 29.5 Å². The topological polar surface area (TPSA) is 96.7 Å². The van der Waals surface area contributed by atoms with Crippen molar-refractivity contribution in [3.63, 3.8) is 0 Å². The SMILES string of the molecule is CCn1ncc2c1-c1cnc(N)c(c1)O[C@@H](C)c1cc(F)ccc1-c1ncnn1C2. The largest absolute Gasteiger partial charge is 0.482 e. The van der Waals surface area contributed by atoms with Crippen LogP contribution in [0.4, 0.5) is 10.2 Å². The van der Waals surface area contributed by atoms with E-state index in [1.54, 1.807) is 16.9 Å². The molecule has 2 bridgehead atoms. The molecule has 0 amide bonds. The average Bonchev–Trinajstić information content (AvgIpc) is 3.36. The normalized spacial score (nSPS) is 15.2. The van der Waals surface area contributed by atoms with Crippen LogP contribution in [0.2, 0.25) is 0 Å². The Morgan fingerprint density at radius 2 is 2.07 bits per heavy atom. The van der Waals surface area contributed by atoms with Gasteiger partial charge in [0.2, 0.25) is 0 Å². The molecule has 1 aliphatic rings. The van der Waals surface area contributed by atoms with E-state index < -0.39 is 6.10 Å². The number of aromatic nitrogens is 6. The van der Waals surface area contributed by atoms with Crippen LogP contribution in [0.5, 0.6) is 5.75 Å². The summed E-state index contributed by atoms with van der Waals surface area (Å²) in [6.45, 7) is 5.02. The Kier molecular flexibility index (Phi) is 4.23. The zero-order valence-electron chi connectivity index (χ0n) is 16.6. The molecule has 0 saturated carbocycles. The zero-order chi connectivity index (χ0) is 20.8. The van der Waals surface area contributed by atoms with Crippen LogP contribution in [0.25, 0.3) is 22.6 Å². The van der Waals surface area contributed by atoms with Crippen molar-refractivity contribution in [1.82, 2.24) is 29.5 Å². The van der Waals surface area contributed by atoms with Crippen molar-refractivity contribution < 1.29 is 9.13 Å². The van der Waals surface area contributed by atoms with E-state index in [1.165, 1.54) is 18.5 Å². The predicted octanol–water partition coefficient (Wildman–Crippen LogP) is 3.45. The van der Waals surface area contributed by atoms with Crippen LogP contribution < -0.4 is 10.5 Å². The molecule has 0 spiro atoms. The first-order chi connectivity index (χ1) is 14.5. The highest BCUT2D eigenvalue weighted by molar-refractivity contribution is 5.68. The van der Waals surface area contributed by atoms with Gasteiger partial charge in [-0.3, -0.25) is 4.68 Å². The van der Waals surface area contributed by atoms with Crippen molar-refractivity contribution in [1.29, 1.82) is 0 Å². The molecule has 4 aromatic rings. The number of nitrogen functional groups attached to an aromatic ring is 1. The maximum Gasteiger partial charge on any atom is 0.166 e. The van der Waals surface area contributed by atoms with Crippen LogP contribution in [0.3, 0.4) is 0 Å². The number of nitrogens with two attached hydrogens (primary N) is 1. The molecule has 4 heterocycles. The molecule has 0 fully saturated rings. The number of rotatable bonds is 1. The number of pyridine rings is 1. The molecule has 0 unspecified atom stereocenters. The number of halogens is 1. The summed E-state index contributed by atoms with van der Waals surface area (Å²) in [5.74, 6) is 0.986. The van der Waals surface area contributed by atoms with Crippen LogP contribution >= 0.6 is 0 Å². The number of aryl methyl sites for hydroxylation is 1. The first kappa shape index (κ1) is 18.3. The molecule has 1 aromatic carbocycles. The minimum absolute atomic E-state index is 0.271. The molecule has 2 N–H and O–H groups in total. The predicted molar refractivity (Wildman–Crippen MR) is 109 cm³/mol. The molecule has 1 atom stereocenters. The summed E-state index contributed by atoms with van der Waals surface area (Å²) in [4.78, 5) is 8.77. The van der Waals surface area contributed by atoms with E-state index in [4.69, 9.17) is 10.5 Å². The number of fused-ring (bicyclic) bond motifs is 7. The molecule has 30 heavy (non-hydrogen) atoms. The van der Waals surface area contributed by atoms with Gasteiger partial charge in [-0.25, -0.2) is 19.0 Å². The van der Waals surface area contributed by atoms with E-state index in [1.807, 2.05) is 30.8 Å². The number of hydrogen-bond donors (Lipinski definition) is 1. The average molecular weight is 405 g/mol. The molecular formula is C21H20FN7O. The molecular weight excluding hydrogens is 385 g/mol. The van der Waals surface area contributed by atoms with Gasteiger partial charge in [-0.2, -0.15) is 10.2 Å². The van der Waals surface area contributed by atoms with Gasteiger partial charge in [0.15, 0.2) is 17.4 Å². The van der Waals surface area contributed by atoms with E-state index in [0.717, 1.165) is 22.4 Å². The van der Waals surface area contributed by atoms with Crippen LogP contribution in [-0.2, 0) is 13.1 Å². The van der Waals surface area contributed by atoms with Gasteiger partial charge in [-0.1, -0.05) is 0 Å². The summed E-state index contributed by atoms with van der Waals surface area (Å²) in [5.41, 5.74) is 10.2. The monoisotopic (exact) mass is 405 g/mol. The van der Waals surface area contributed by atoms with Gasteiger partial charge in [0.1, 0.15) is 18.2 Å². The third-order valence-corrected chi connectivity index (χ3v) is 5.30. The molecule has 9 heteroatoms. The van der Waals surface area contributed by atoms with Crippen LogP contribution in [0.1, 0.15) is 31.1 Å². The molecule has 0 radical (unpaired) electrons. The molecule has 0 aliphatic carbocycles. The highest BCUT2D eigenvalue weighted by Crippen LogP contribution is 2.36. The summed E-state index contributed by atoms with van der Waals surface area (Å²) < 4.78 is 24.0. The van der Waals surface area contributed by atoms with Gasteiger partial charge in [-0.05, 0) is 38.1 Å². The van der Waals surface area contributed by atoms with E-state index in [2.05, 4.69) is 20.2 Å².